The van der Waals surface area contributed by atoms with Crippen molar-refractivity contribution in [2.75, 3.05) is 12.3 Å². The highest BCUT2D eigenvalue weighted by Gasteiger charge is 2.65. The van der Waals surface area contributed by atoms with Crippen molar-refractivity contribution in [3.05, 3.63) is 18.1 Å². The molecule has 4 unspecified atom stereocenters. The lowest BCUT2D eigenvalue weighted by Gasteiger charge is -2.52. The van der Waals surface area contributed by atoms with Gasteiger partial charge in [0.1, 0.15) is 41.2 Å². The van der Waals surface area contributed by atoms with Gasteiger partial charge in [-0.1, -0.05) is 69.2 Å². The first-order valence-electron chi connectivity index (χ1n) is 19.6. The molecule has 2 fully saturated rings. The van der Waals surface area contributed by atoms with Gasteiger partial charge in [-0.15, -0.1) is 0 Å². The number of alkyl carbamates (subject to hydrolysis) is 1. The summed E-state index contributed by atoms with van der Waals surface area (Å²) in [7, 11) is -6.40. The molecule has 5 atom stereocenters. The van der Waals surface area contributed by atoms with Crippen molar-refractivity contribution < 1.29 is 41.6 Å². The number of ether oxygens (including phenoxy) is 3. The number of nitrogen functional groups attached to an aromatic ring is 1. The molecule has 0 aliphatic carbocycles. The summed E-state index contributed by atoms with van der Waals surface area (Å²) in [5.74, 6) is -0.911. The van der Waals surface area contributed by atoms with Crippen LogP contribution < -0.4 is 11.1 Å². The zero-order chi connectivity index (χ0) is 41.6. The van der Waals surface area contributed by atoms with Crippen LogP contribution in [0.25, 0.3) is 11.0 Å². The topological polar surface area (TPSA) is 189 Å². The fraction of sp³-hybridized carbons (Fsp3) is 0.763. The quantitative estimate of drug-likeness (QED) is 0.128. The second kappa shape index (κ2) is 16.3. The lowest BCUT2D eigenvalue weighted by molar-refractivity contribution is -0.159. The lowest BCUT2D eigenvalue weighted by atomic mass is 10.0. The van der Waals surface area contributed by atoms with Crippen molar-refractivity contribution in [1.82, 2.24) is 25.2 Å². The van der Waals surface area contributed by atoms with Crippen LogP contribution in [0.5, 0.6) is 0 Å². The number of nitrogens with one attached hydrogen (secondary N) is 2. The average molecular weight is 807 g/mol. The van der Waals surface area contributed by atoms with Crippen molar-refractivity contribution in [1.29, 1.82) is 0 Å². The summed E-state index contributed by atoms with van der Waals surface area (Å²) in [6.45, 7) is 31.1. The number of fused-ring (bicyclic) bond motifs is 2. The van der Waals surface area contributed by atoms with E-state index in [1.165, 1.54) is 6.33 Å². The number of aromatic nitrogens is 3. The maximum atomic E-state index is 14.7. The number of carbonyl (C=O) groups is 3. The number of likely N-dealkylation sites (tertiary alicyclic amines) is 1. The first kappa shape index (κ1) is 44.5. The van der Waals surface area contributed by atoms with Crippen LogP contribution in [-0.4, -0.2) is 97.2 Å². The van der Waals surface area contributed by atoms with Crippen LogP contribution in [0.1, 0.15) is 122 Å². The summed E-state index contributed by atoms with van der Waals surface area (Å²) in [4.78, 5) is 55.8. The molecule has 2 aliphatic heterocycles. The van der Waals surface area contributed by atoms with Gasteiger partial charge in [-0.25, -0.2) is 24.4 Å². The number of nitrogens with zero attached hydrogens (tertiary/aromatic N) is 3. The summed E-state index contributed by atoms with van der Waals surface area (Å²) in [5.41, 5.74) is 5.97. The molecule has 4 heterocycles. The Hall–Kier alpha value is -3.26. The molecule has 55 heavy (non-hydrogen) atoms. The standard InChI is InChI=1S/C38H66N6O9Si2/c1-20(2)27(43-35(46)50-37(11,12)13)34(45)49-32-30(25-17-40-29-28(25)41-19-42-33(29)39)44(36(47)51-38(14,15)16)26-18-48-54(21(3)4,22(5)6)53-55(23(7)8,24(9)10)52-31(26)32/h17,19-24,26-27,30-32,40H,18H2,1-16H3,(H,43,46)(H2,39,41,42)/t26?,27-,30?,31?,32?/m0/s1. The van der Waals surface area contributed by atoms with Gasteiger partial charge >= 0.3 is 35.3 Å². The number of hydrogen-bond donors (Lipinski definition) is 3. The highest BCUT2D eigenvalue weighted by Crippen LogP contribution is 2.51. The molecule has 0 aromatic carbocycles. The predicted octanol–water partition coefficient (Wildman–Crippen LogP) is 7.62. The molecule has 0 bridgehead atoms. The molecular weight excluding hydrogens is 741 g/mol. The van der Waals surface area contributed by atoms with E-state index in [-0.39, 0.29) is 34.6 Å². The number of nitrogens with two attached hydrogens (primary N) is 1. The molecule has 15 nitrogen and oxygen atoms in total. The van der Waals surface area contributed by atoms with Crippen molar-refractivity contribution in [3.63, 3.8) is 0 Å². The number of aromatic amines is 1. The van der Waals surface area contributed by atoms with Gasteiger partial charge in [0, 0.05) is 11.8 Å². The molecule has 2 saturated heterocycles. The minimum Gasteiger partial charge on any atom is -0.455 e. The van der Waals surface area contributed by atoms with Crippen LogP contribution in [0.15, 0.2) is 12.5 Å². The normalized spacial score (nSPS) is 23.5. The molecular formula is C38H66N6O9Si2. The average Bonchev–Trinajstić information content (AvgIpc) is 3.56. The molecule has 310 valence electrons. The van der Waals surface area contributed by atoms with Crippen LogP contribution in [0.4, 0.5) is 15.4 Å². The van der Waals surface area contributed by atoms with Crippen LogP contribution in [0.3, 0.4) is 0 Å². The van der Waals surface area contributed by atoms with E-state index < -0.39 is 82.7 Å². The second-order valence-corrected chi connectivity index (χ2v) is 27.3. The Morgan fingerprint density at radius 3 is 1.96 bits per heavy atom. The SMILES string of the molecule is CC(C)[C@H](NC(=O)OC(C)(C)C)C(=O)OC1C2O[Si](C(C)C)(C(C)C)O[Si](C(C)C)(C(C)C)OCC2N(C(=O)OC(C)(C)C)C1c1c[nH]c2c(N)ncnc12. The molecule has 17 heteroatoms. The van der Waals surface area contributed by atoms with E-state index in [2.05, 4.69) is 75.7 Å². The molecule has 2 aromatic rings. The molecule has 2 aromatic heterocycles. The third kappa shape index (κ3) is 9.16. The van der Waals surface area contributed by atoms with Crippen LogP contribution >= 0.6 is 0 Å². The first-order chi connectivity index (χ1) is 25.3. The molecule has 2 aliphatic rings. The number of anilines is 1. The number of carbonyl (C=O) groups excluding carboxylic acids is 3. The summed E-state index contributed by atoms with van der Waals surface area (Å²) in [6, 6.07) is -2.91. The molecule has 2 amide bonds. The smallest absolute Gasteiger partial charge is 0.411 e. The first-order valence-corrected chi connectivity index (χ1v) is 23.5. The number of amides is 2. The summed E-state index contributed by atoms with van der Waals surface area (Å²) < 4.78 is 40.4. The number of rotatable bonds is 9. The van der Waals surface area contributed by atoms with Crippen molar-refractivity contribution in [2.45, 2.75) is 174 Å². The van der Waals surface area contributed by atoms with Gasteiger partial charge < -0.3 is 43.2 Å². The van der Waals surface area contributed by atoms with Crippen molar-refractivity contribution in [2.24, 2.45) is 5.92 Å². The van der Waals surface area contributed by atoms with Crippen LogP contribution in [0.2, 0.25) is 22.2 Å². The van der Waals surface area contributed by atoms with E-state index in [4.69, 9.17) is 32.9 Å². The van der Waals surface area contributed by atoms with E-state index in [0.29, 0.717) is 16.6 Å². The maximum absolute atomic E-state index is 14.7. The summed E-state index contributed by atoms with van der Waals surface area (Å²) in [6.07, 6.45) is -0.453. The molecule has 0 spiro atoms. The Bertz CT molecular complexity index is 1670. The minimum absolute atomic E-state index is 0.0287. The molecule has 4 N–H and O–H groups in total. The number of hydrogen-bond acceptors (Lipinski definition) is 12. The summed E-state index contributed by atoms with van der Waals surface area (Å²) in [5, 5.41) is 2.72. The Labute approximate surface area is 328 Å². The van der Waals surface area contributed by atoms with Gasteiger partial charge in [0.05, 0.1) is 18.2 Å². The fourth-order valence-corrected chi connectivity index (χ4v) is 19.0. The Kier molecular flexibility index (Phi) is 13.2. The highest BCUT2D eigenvalue weighted by molar-refractivity contribution is 6.84. The lowest BCUT2D eigenvalue weighted by Crippen LogP contribution is -2.66. The van der Waals surface area contributed by atoms with Crippen LogP contribution in [-0.2, 0) is 32.0 Å². The van der Waals surface area contributed by atoms with Gasteiger partial charge in [-0.3, -0.25) is 4.90 Å². The van der Waals surface area contributed by atoms with Gasteiger partial charge in [0.15, 0.2) is 11.9 Å². The second-order valence-electron chi connectivity index (χ2n) is 18.5. The Balaban J connectivity index is 2.02. The van der Waals surface area contributed by atoms with Crippen molar-refractivity contribution >= 4 is 52.1 Å². The van der Waals surface area contributed by atoms with E-state index in [1.807, 2.05) is 0 Å². The van der Waals surface area contributed by atoms with Gasteiger partial charge in [0.25, 0.3) is 0 Å². The molecule has 4 rings (SSSR count). The monoisotopic (exact) mass is 806 g/mol. The molecule has 0 radical (unpaired) electrons. The third-order valence-corrected chi connectivity index (χ3v) is 20.5. The number of esters is 1. The molecule has 0 saturated carbocycles. The maximum Gasteiger partial charge on any atom is 0.411 e. The predicted molar refractivity (Wildman–Crippen MR) is 215 cm³/mol. The minimum atomic E-state index is -3.33. The van der Waals surface area contributed by atoms with E-state index in [1.54, 1.807) is 66.5 Å². The Morgan fingerprint density at radius 1 is 0.891 bits per heavy atom. The van der Waals surface area contributed by atoms with E-state index >= 15 is 0 Å². The van der Waals surface area contributed by atoms with Gasteiger partial charge in [-0.05, 0) is 69.6 Å². The largest absolute Gasteiger partial charge is 0.455 e. The van der Waals surface area contributed by atoms with Gasteiger partial charge in [-0.2, -0.15) is 0 Å². The zero-order valence-electron chi connectivity index (χ0n) is 35.7. The number of H-pyrrole nitrogens is 1. The zero-order valence-corrected chi connectivity index (χ0v) is 37.7. The fourth-order valence-electron chi connectivity index (χ4n) is 7.75. The Morgan fingerprint density at radius 2 is 1.45 bits per heavy atom. The van der Waals surface area contributed by atoms with Gasteiger partial charge in [0.2, 0.25) is 0 Å². The van der Waals surface area contributed by atoms with E-state index in [0.717, 1.165) is 0 Å². The van der Waals surface area contributed by atoms with E-state index in [9.17, 15) is 14.4 Å². The van der Waals surface area contributed by atoms with Crippen molar-refractivity contribution in [3.8, 4) is 0 Å². The van der Waals surface area contributed by atoms with Crippen LogP contribution in [0, 0.1) is 5.92 Å². The summed E-state index contributed by atoms with van der Waals surface area (Å²) >= 11 is 0. The third-order valence-electron chi connectivity index (χ3n) is 10.3. The highest BCUT2D eigenvalue weighted by atomic mass is 28.5.